The van der Waals surface area contributed by atoms with Crippen LogP contribution in [0.15, 0.2) is 33.2 Å². The van der Waals surface area contributed by atoms with Gasteiger partial charge in [-0.05, 0) is 45.8 Å². The molecule has 104 valence electrons. The highest BCUT2D eigenvalue weighted by Gasteiger charge is 2.37. The van der Waals surface area contributed by atoms with Crippen LogP contribution in [0.4, 0.5) is 0 Å². The molecule has 4 nitrogen and oxygen atoms in total. The highest BCUT2D eigenvalue weighted by atomic mass is 79.9. The first-order valence-corrected chi connectivity index (χ1v) is 7.67. The number of ether oxygens (including phenoxy) is 2. The Morgan fingerprint density at radius 2 is 1.71 bits per heavy atom. The first-order valence-electron chi connectivity index (χ1n) is 6.09. The van der Waals surface area contributed by atoms with E-state index < -0.39 is 11.6 Å². The zero-order valence-electron chi connectivity index (χ0n) is 10.4. The fraction of sp³-hybridized carbons (Fsp3) is 0.0667. The van der Waals surface area contributed by atoms with Gasteiger partial charge in [-0.15, -0.1) is 0 Å². The molecule has 0 saturated heterocycles. The predicted octanol–water partition coefficient (Wildman–Crippen LogP) is 3.99. The molecule has 2 aromatic carbocycles. The van der Waals surface area contributed by atoms with Gasteiger partial charge in [-0.25, -0.2) is 0 Å². The second kappa shape index (κ2) is 4.42. The van der Waals surface area contributed by atoms with Crippen molar-refractivity contribution in [2.45, 2.75) is 0 Å². The Labute approximate surface area is 136 Å². The third-order valence-electron chi connectivity index (χ3n) is 3.54. The fourth-order valence-corrected chi connectivity index (χ4v) is 3.59. The summed E-state index contributed by atoms with van der Waals surface area (Å²) in [6.45, 7) is 0.101. The number of hydrogen-bond donors (Lipinski definition) is 0. The molecule has 0 unspecified atom stereocenters. The third kappa shape index (κ3) is 1.72. The Morgan fingerprint density at radius 1 is 0.905 bits per heavy atom. The predicted molar refractivity (Wildman–Crippen MR) is 82.1 cm³/mol. The van der Waals surface area contributed by atoms with Gasteiger partial charge in [0.1, 0.15) is 0 Å². The first-order chi connectivity index (χ1) is 10.1. The van der Waals surface area contributed by atoms with Crippen molar-refractivity contribution >= 4 is 43.4 Å². The minimum absolute atomic E-state index is 0.101. The van der Waals surface area contributed by atoms with Crippen LogP contribution in [0.3, 0.4) is 0 Å². The molecule has 0 spiro atoms. The summed E-state index contributed by atoms with van der Waals surface area (Å²) in [5.41, 5.74) is 1.99. The molecule has 0 bridgehead atoms. The first kappa shape index (κ1) is 13.0. The van der Waals surface area contributed by atoms with E-state index in [0.29, 0.717) is 38.2 Å². The summed E-state index contributed by atoms with van der Waals surface area (Å²) in [7, 11) is 0. The number of hydrogen-bond acceptors (Lipinski definition) is 4. The Balaban J connectivity index is 2.17. The van der Waals surface area contributed by atoms with Crippen molar-refractivity contribution in [1.29, 1.82) is 0 Å². The van der Waals surface area contributed by atoms with E-state index in [-0.39, 0.29) is 6.79 Å². The minimum Gasteiger partial charge on any atom is -0.454 e. The largest absolute Gasteiger partial charge is 0.454 e. The topological polar surface area (TPSA) is 52.6 Å². The molecule has 0 aromatic heterocycles. The second-order valence-corrected chi connectivity index (χ2v) is 6.46. The van der Waals surface area contributed by atoms with Gasteiger partial charge >= 0.3 is 0 Å². The monoisotopic (exact) mass is 408 g/mol. The lowest BCUT2D eigenvalue weighted by atomic mass is 9.83. The highest BCUT2D eigenvalue weighted by Crippen LogP contribution is 2.50. The SMILES string of the molecule is O=C1C(=O)c2c(Br)cc3c(c2-c2cc(Br)ccc21)OCO3. The van der Waals surface area contributed by atoms with Crippen molar-refractivity contribution < 1.29 is 19.1 Å². The fourth-order valence-electron chi connectivity index (χ4n) is 2.65. The summed E-state index contributed by atoms with van der Waals surface area (Å²) in [4.78, 5) is 24.7. The maximum Gasteiger partial charge on any atom is 0.235 e. The van der Waals surface area contributed by atoms with Gasteiger partial charge in [0.15, 0.2) is 11.5 Å². The Bertz CT molecular complexity index is 842. The summed E-state index contributed by atoms with van der Waals surface area (Å²) >= 11 is 6.75. The molecule has 0 radical (unpaired) electrons. The van der Waals surface area contributed by atoms with Crippen LogP contribution < -0.4 is 9.47 Å². The lowest BCUT2D eigenvalue weighted by Gasteiger charge is -2.20. The van der Waals surface area contributed by atoms with E-state index in [2.05, 4.69) is 31.9 Å². The van der Waals surface area contributed by atoms with Crippen molar-refractivity contribution in [2.75, 3.05) is 6.79 Å². The smallest absolute Gasteiger partial charge is 0.235 e. The Kier molecular flexibility index (Phi) is 2.74. The van der Waals surface area contributed by atoms with Gasteiger partial charge in [0, 0.05) is 20.1 Å². The molecule has 1 heterocycles. The molecule has 0 atom stereocenters. The molecule has 1 aliphatic carbocycles. The zero-order valence-corrected chi connectivity index (χ0v) is 13.6. The van der Waals surface area contributed by atoms with E-state index in [1.807, 2.05) is 6.07 Å². The summed E-state index contributed by atoms with van der Waals surface area (Å²) in [5, 5.41) is 0. The van der Waals surface area contributed by atoms with Gasteiger partial charge in [-0.3, -0.25) is 9.59 Å². The van der Waals surface area contributed by atoms with Crippen molar-refractivity contribution in [2.24, 2.45) is 0 Å². The number of rotatable bonds is 0. The van der Waals surface area contributed by atoms with Crippen LogP contribution in [0.25, 0.3) is 11.1 Å². The minimum atomic E-state index is -0.537. The van der Waals surface area contributed by atoms with Crippen LogP contribution in [-0.2, 0) is 0 Å². The molecule has 4 rings (SSSR count). The zero-order chi connectivity index (χ0) is 14.7. The summed E-state index contributed by atoms with van der Waals surface area (Å²) < 4.78 is 12.3. The number of halogens is 2. The van der Waals surface area contributed by atoms with Crippen LogP contribution in [0, 0.1) is 0 Å². The second-order valence-electron chi connectivity index (χ2n) is 4.69. The highest BCUT2D eigenvalue weighted by molar-refractivity contribution is 9.10. The van der Waals surface area contributed by atoms with Crippen molar-refractivity contribution in [3.05, 3.63) is 44.3 Å². The normalized spacial score (nSPS) is 15.0. The van der Waals surface area contributed by atoms with Gasteiger partial charge < -0.3 is 9.47 Å². The quantitative estimate of drug-likeness (QED) is 0.617. The molecule has 21 heavy (non-hydrogen) atoms. The average Bonchev–Trinajstić information content (AvgIpc) is 2.91. The van der Waals surface area contributed by atoms with Gasteiger partial charge in [-0.2, -0.15) is 0 Å². The van der Waals surface area contributed by atoms with Crippen LogP contribution in [-0.4, -0.2) is 18.4 Å². The number of ketones is 2. The molecule has 1 aliphatic heterocycles. The number of benzene rings is 2. The molecular formula is C15H6Br2O4. The standard InChI is InChI=1S/C15H6Br2O4/c16-6-1-2-7-8(3-6)11-12(14(19)13(7)18)9(17)4-10-15(11)21-5-20-10/h1-4H,5H2. The number of Topliss-reactive ketones (excluding diaryl/α,β-unsaturated/α-hetero) is 2. The molecule has 0 saturated carbocycles. The van der Waals surface area contributed by atoms with Crippen LogP contribution in [0.5, 0.6) is 11.5 Å². The van der Waals surface area contributed by atoms with Gasteiger partial charge in [0.25, 0.3) is 0 Å². The van der Waals surface area contributed by atoms with E-state index in [0.717, 1.165) is 4.47 Å². The molecule has 0 amide bonds. The number of carbonyl (C=O) groups excluding carboxylic acids is 2. The summed E-state index contributed by atoms with van der Waals surface area (Å²) in [6.07, 6.45) is 0. The van der Waals surface area contributed by atoms with Crippen molar-refractivity contribution in [3.63, 3.8) is 0 Å². The molecular weight excluding hydrogens is 404 g/mol. The van der Waals surface area contributed by atoms with Crippen LogP contribution in [0.2, 0.25) is 0 Å². The van der Waals surface area contributed by atoms with Crippen LogP contribution in [0.1, 0.15) is 20.7 Å². The summed E-state index contributed by atoms with van der Waals surface area (Å²) in [6, 6.07) is 6.86. The van der Waals surface area contributed by atoms with E-state index in [9.17, 15) is 9.59 Å². The van der Waals surface area contributed by atoms with Gasteiger partial charge in [0.2, 0.25) is 18.4 Å². The van der Waals surface area contributed by atoms with Crippen molar-refractivity contribution in [1.82, 2.24) is 0 Å². The van der Waals surface area contributed by atoms with Gasteiger partial charge in [0.05, 0.1) is 5.56 Å². The maximum absolute atomic E-state index is 12.4. The molecule has 2 aromatic rings. The summed E-state index contributed by atoms with van der Waals surface area (Å²) in [5.74, 6) is 0.0247. The molecule has 2 aliphatic rings. The van der Waals surface area contributed by atoms with Gasteiger partial charge in [-0.1, -0.05) is 15.9 Å². The van der Waals surface area contributed by atoms with E-state index >= 15 is 0 Å². The van der Waals surface area contributed by atoms with E-state index in [1.54, 1.807) is 18.2 Å². The third-order valence-corrected chi connectivity index (χ3v) is 4.66. The average molecular weight is 410 g/mol. The van der Waals surface area contributed by atoms with Crippen LogP contribution >= 0.6 is 31.9 Å². The number of carbonyl (C=O) groups is 2. The molecule has 0 N–H and O–H groups in total. The van der Waals surface area contributed by atoms with E-state index in [4.69, 9.17) is 9.47 Å². The molecule has 0 fully saturated rings. The lowest BCUT2D eigenvalue weighted by Crippen LogP contribution is -2.22. The van der Waals surface area contributed by atoms with E-state index in [1.165, 1.54) is 0 Å². The lowest BCUT2D eigenvalue weighted by molar-refractivity contribution is 0.0814. The molecule has 6 heteroatoms. The maximum atomic E-state index is 12.4. The Hall–Kier alpha value is -1.66. The Morgan fingerprint density at radius 3 is 2.52 bits per heavy atom. The number of fused-ring (bicyclic) bond motifs is 5. The van der Waals surface area contributed by atoms with Crippen molar-refractivity contribution in [3.8, 4) is 22.6 Å².